The van der Waals surface area contributed by atoms with Crippen LogP contribution < -0.4 is 0 Å². The van der Waals surface area contributed by atoms with Gasteiger partial charge in [-0.3, -0.25) is 4.90 Å². The van der Waals surface area contributed by atoms with Crippen LogP contribution in [0.3, 0.4) is 0 Å². The minimum atomic E-state index is -0.911. The SMILES string of the molecule is CCC(OC)(c1ccccc1I)N(C(=O)O)C1CC1. The number of hydrogen-bond acceptors (Lipinski definition) is 2. The van der Waals surface area contributed by atoms with Gasteiger partial charge in [-0.15, -0.1) is 0 Å². The van der Waals surface area contributed by atoms with E-state index in [2.05, 4.69) is 22.6 Å². The highest BCUT2D eigenvalue weighted by Gasteiger charge is 2.48. The molecular weight excluding hydrogens is 357 g/mol. The van der Waals surface area contributed by atoms with Gasteiger partial charge in [0.25, 0.3) is 0 Å². The van der Waals surface area contributed by atoms with Gasteiger partial charge in [0.15, 0.2) is 5.72 Å². The summed E-state index contributed by atoms with van der Waals surface area (Å²) in [7, 11) is 1.59. The monoisotopic (exact) mass is 375 g/mol. The highest BCUT2D eigenvalue weighted by molar-refractivity contribution is 14.1. The molecule has 5 heteroatoms. The van der Waals surface area contributed by atoms with Crippen molar-refractivity contribution in [3.63, 3.8) is 0 Å². The second kappa shape index (κ2) is 5.66. The van der Waals surface area contributed by atoms with Crippen LogP contribution in [-0.2, 0) is 10.5 Å². The zero-order valence-corrected chi connectivity index (χ0v) is 13.3. The largest absolute Gasteiger partial charge is 0.465 e. The van der Waals surface area contributed by atoms with Crippen LogP contribution in [0.2, 0.25) is 0 Å². The third-order valence-corrected chi connectivity index (χ3v) is 4.56. The van der Waals surface area contributed by atoms with Crippen LogP contribution in [-0.4, -0.2) is 29.3 Å². The molecule has 0 saturated heterocycles. The van der Waals surface area contributed by atoms with E-state index in [0.717, 1.165) is 22.0 Å². The molecule has 1 saturated carbocycles. The molecule has 1 aromatic rings. The molecule has 4 nitrogen and oxygen atoms in total. The zero-order chi connectivity index (χ0) is 14.0. The number of carbonyl (C=O) groups is 1. The van der Waals surface area contributed by atoms with Crippen LogP contribution in [0.25, 0.3) is 0 Å². The molecule has 1 fully saturated rings. The molecule has 0 radical (unpaired) electrons. The fraction of sp³-hybridized carbons (Fsp3) is 0.500. The molecule has 0 aromatic heterocycles. The van der Waals surface area contributed by atoms with E-state index in [9.17, 15) is 9.90 Å². The van der Waals surface area contributed by atoms with Crippen molar-refractivity contribution in [3.8, 4) is 0 Å². The molecule has 1 aromatic carbocycles. The molecule has 1 aliphatic rings. The molecular formula is C14H18INO3. The summed E-state index contributed by atoms with van der Waals surface area (Å²) in [5, 5.41) is 9.58. The lowest BCUT2D eigenvalue weighted by Crippen LogP contribution is -2.51. The maximum Gasteiger partial charge on any atom is 0.410 e. The Labute approximate surface area is 126 Å². The Morgan fingerprint density at radius 3 is 2.58 bits per heavy atom. The first kappa shape index (κ1) is 14.6. The van der Waals surface area contributed by atoms with Crippen molar-refractivity contribution in [1.82, 2.24) is 4.90 Å². The number of benzene rings is 1. The van der Waals surface area contributed by atoms with Crippen molar-refractivity contribution in [3.05, 3.63) is 33.4 Å². The van der Waals surface area contributed by atoms with Crippen LogP contribution in [0.4, 0.5) is 4.79 Å². The molecule has 1 atom stereocenters. The Morgan fingerprint density at radius 2 is 2.16 bits per heavy atom. The molecule has 1 amide bonds. The summed E-state index contributed by atoms with van der Waals surface area (Å²) in [6.07, 6.45) is 1.51. The molecule has 0 spiro atoms. The van der Waals surface area contributed by atoms with Crippen LogP contribution in [0.1, 0.15) is 31.7 Å². The summed E-state index contributed by atoms with van der Waals surface area (Å²) in [5.41, 5.74) is 0.0417. The molecule has 0 aliphatic heterocycles. The topological polar surface area (TPSA) is 49.8 Å². The Hall–Kier alpha value is -0.820. The van der Waals surface area contributed by atoms with E-state index < -0.39 is 11.8 Å². The summed E-state index contributed by atoms with van der Waals surface area (Å²) in [6.45, 7) is 1.96. The summed E-state index contributed by atoms with van der Waals surface area (Å²) in [6, 6.07) is 7.88. The third-order valence-electron chi connectivity index (χ3n) is 3.62. The fourth-order valence-corrected chi connectivity index (χ4v) is 3.37. The average molecular weight is 375 g/mol. The number of hydrogen-bond donors (Lipinski definition) is 1. The standard InChI is InChI=1S/C14H18INO3/c1-3-14(19-2,11-6-4-5-7-12(11)15)16(13(17)18)10-8-9-10/h4-7,10H,3,8-9H2,1-2H3,(H,17,18). The van der Waals surface area contributed by atoms with Crippen LogP contribution in [0.5, 0.6) is 0 Å². The highest BCUT2D eigenvalue weighted by Crippen LogP contribution is 2.42. The second-order valence-electron chi connectivity index (χ2n) is 4.71. The first-order valence-electron chi connectivity index (χ1n) is 6.39. The molecule has 1 aliphatic carbocycles. The first-order valence-corrected chi connectivity index (χ1v) is 7.47. The van der Waals surface area contributed by atoms with Gasteiger partial charge in [-0.05, 0) is 47.9 Å². The number of methoxy groups -OCH3 is 1. The molecule has 104 valence electrons. The summed E-state index contributed by atoms with van der Waals surface area (Å²) in [4.78, 5) is 13.2. The molecule has 0 bridgehead atoms. The quantitative estimate of drug-likeness (QED) is 0.632. The van der Waals surface area contributed by atoms with E-state index in [-0.39, 0.29) is 6.04 Å². The predicted molar refractivity (Wildman–Crippen MR) is 81.0 cm³/mol. The minimum Gasteiger partial charge on any atom is -0.465 e. The van der Waals surface area contributed by atoms with E-state index in [4.69, 9.17) is 4.74 Å². The van der Waals surface area contributed by atoms with Gasteiger partial charge >= 0.3 is 6.09 Å². The minimum absolute atomic E-state index is 0.0772. The van der Waals surface area contributed by atoms with Gasteiger partial charge in [0, 0.05) is 22.3 Å². The van der Waals surface area contributed by atoms with E-state index in [1.165, 1.54) is 4.90 Å². The van der Waals surface area contributed by atoms with Crippen LogP contribution >= 0.6 is 22.6 Å². The lowest BCUT2D eigenvalue weighted by molar-refractivity contribution is -0.135. The molecule has 2 rings (SSSR count). The Kier molecular flexibility index (Phi) is 4.35. The number of nitrogens with zero attached hydrogens (tertiary/aromatic N) is 1. The molecule has 0 heterocycles. The van der Waals surface area contributed by atoms with Crippen LogP contribution in [0.15, 0.2) is 24.3 Å². The van der Waals surface area contributed by atoms with Gasteiger partial charge in [0.1, 0.15) is 0 Å². The fourth-order valence-electron chi connectivity index (χ4n) is 2.56. The van der Waals surface area contributed by atoms with Gasteiger partial charge in [0.2, 0.25) is 0 Å². The molecule has 1 N–H and O–H groups in total. The third kappa shape index (κ3) is 2.58. The van der Waals surface area contributed by atoms with E-state index in [0.29, 0.717) is 6.42 Å². The Bertz CT molecular complexity index is 470. The van der Waals surface area contributed by atoms with E-state index in [1.54, 1.807) is 7.11 Å². The average Bonchev–Trinajstić information content (AvgIpc) is 3.20. The Morgan fingerprint density at radius 1 is 1.53 bits per heavy atom. The normalized spacial score (nSPS) is 17.8. The van der Waals surface area contributed by atoms with Gasteiger partial charge in [-0.1, -0.05) is 25.1 Å². The number of carboxylic acid groups (broad SMARTS) is 1. The summed E-state index contributed by atoms with van der Waals surface area (Å²) >= 11 is 2.23. The van der Waals surface area contributed by atoms with Gasteiger partial charge in [-0.2, -0.15) is 0 Å². The van der Waals surface area contributed by atoms with E-state index in [1.807, 2.05) is 31.2 Å². The maximum atomic E-state index is 11.7. The van der Waals surface area contributed by atoms with E-state index >= 15 is 0 Å². The molecule has 1 unspecified atom stereocenters. The van der Waals surface area contributed by atoms with Gasteiger partial charge < -0.3 is 9.84 Å². The predicted octanol–water partition coefficient (Wildman–Crippen LogP) is 3.64. The number of halogens is 1. The van der Waals surface area contributed by atoms with Crippen molar-refractivity contribution < 1.29 is 14.6 Å². The smallest absolute Gasteiger partial charge is 0.410 e. The lowest BCUT2D eigenvalue weighted by Gasteiger charge is -2.41. The highest BCUT2D eigenvalue weighted by atomic mass is 127. The number of rotatable bonds is 5. The second-order valence-corrected chi connectivity index (χ2v) is 5.87. The van der Waals surface area contributed by atoms with Gasteiger partial charge in [0.05, 0.1) is 0 Å². The van der Waals surface area contributed by atoms with Crippen molar-refractivity contribution in [2.45, 2.75) is 38.0 Å². The maximum absolute atomic E-state index is 11.7. The van der Waals surface area contributed by atoms with Crippen LogP contribution in [0, 0.1) is 3.57 Å². The summed E-state index contributed by atoms with van der Waals surface area (Å²) in [5.74, 6) is 0. The Balaban J connectivity index is 2.53. The van der Waals surface area contributed by atoms with Crippen molar-refractivity contribution in [2.75, 3.05) is 7.11 Å². The van der Waals surface area contributed by atoms with Crippen molar-refractivity contribution in [1.29, 1.82) is 0 Å². The number of ether oxygens (including phenoxy) is 1. The summed E-state index contributed by atoms with van der Waals surface area (Å²) < 4.78 is 6.74. The van der Waals surface area contributed by atoms with Crippen molar-refractivity contribution in [2.24, 2.45) is 0 Å². The first-order chi connectivity index (χ1) is 9.06. The van der Waals surface area contributed by atoms with Gasteiger partial charge in [-0.25, -0.2) is 4.79 Å². The molecule has 19 heavy (non-hydrogen) atoms. The lowest BCUT2D eigenvalue weighted by atomic mass is 9.97. The number of amides is 1. The van der Waals surface area contributed by atoms with Crippen molar-refractivity contribution >= 4 is 28.7 Å². The zero-order valence-electron chi connectivity index (χ0n) is 11.1.